The predicted octanol–water partition coefficient (Wildman–Crippen LogP) is 4.47. The second-order valence-corrected chi connectivity index (χ2v) is 9.06. The van der Waals surface area contributed by atoms with E-state index in [0.29, 0.717) is 48.1 Å². The Morgan fingerprint density at radius 3 is 2.61 bits per heavy atom. The molecule has 2 heterocycles. The van der Waals surface area contributed by atoms with Gasteiger partial charge in [-0.25, -0.2) is 0 Å². The number of ketones is 1. The number of benzene rings is 1. The number of amides is 1. The maximum Gasteiger partial charge on any atom is 0.290 e. The molecule has 0 saturated heterocycles. The molecule has 1 aliphatic heterocycles. The van der Waals surface area contributed by atoms with E-state index in [1.807, 2.05) is 45.0 Å². The van der Waals surface area contributed by atoms with Crippen molar-refractivity contribution in [3.8, 4) is 11.5 Å². The van der Waals surface area contributed by atoms with Gasteiger partial charge in [-0.05, 0) is 69.5 Å². The van der Waals surface area contributed by atoms with Crippen molar-refractivity contribution in [3.05, 3.63) is 57.5 Å². The number of nitrogens with zero attached hydrogens (tertiary/aromatic N) is 2. The first-order valence-electron chi connectivity index (χ1n) is 11.3. The van der Waals surface area contributed by atoms with Crippen LogP contribution in [0, 0.1) is 0 Å². The third-order valence-electron chi connectivity index (χ3n) is 5.34. The fraction of sp³-hybridized carbons (Fsp3) is 0.440. The number of hydrogen-bond donors (Lipinski definition) is 1. The van der Waals surface area contributed by atoms with Gasteiger partial charge in [-0.15, -0.1) is 11.3 Å². The van der Waals surface area contributed by atoms with Crippen LogP contribution in [-0.4, -0.2) is 67.0 Å². The number of hydrogen-bond acceptors (Lipinski definition) is 7. The highest BCUT2D eigenvalue weighted by atomic mass is 32.1. The molecule has 0 spiro atoms. The summed E-state index contributed by atoms with van der Waals surface area (Å²) >= 11 is 1.29. The van der Waals surface area contributed by atoms with Crippen LogP contribution in [0.1, 0.15) is 48.0 Å². The van der Waals surface area contributed by atoms with Gasteiger partial charge in [-0.2, -0.15) is 0 Å². The lowest BCUT2D eigenvalue weighted by Gasteiger charge is -2.28. The van der Waals surface area contributed by atoms with Crippen molar-refractivity contribution in [1.82, 2.24) is 9.80 Å². The molecule has 178 valence electrons. The number of ether oxygens (including phenoxy) is 2. The van der Waals surface area contributed by atoms with Crippen molar-refractivity contribution in [2.75, 3.05) is 40.4 Å². The number of aliphatic hydroxyl groups is 1. The lowest BCUT2D eigenvalue weighted by atomic mass is 9.95. The van der Waals surface area contributed by atoms with Crippen LogP contribution in [0.25, 0.3) is 0 Å². The van der Waals surface area contributed by atoms with Gasteiger partial charge in [0.05, 0.1) is 29.7 Å². The third kappa shape index (κ3) is 5.57. The van der Waals surface area contributed by atoms with E-state index >= 15 is 0 Å². The van der Waals surface area contributed by atoms with Gasteiger partial charge in [0.15, 0.2) is 17.3 Å². The summed E-state index contributed by atoms with van der Waals surface area (Å²) in [5, 5.41) is 12.6. The van der Waals surface area contributed by atoms with Crippen LogP contribution in [0.15, 0.2) is 47.0 Å². The minimum absolute atomic E-state index is 0.108. The molecule has 7 nitrogen and oxygen atoms in total. The molecular weight excluding hydrogens is 440 g/mol. The van der Waals surface area contributed by atoms with Crippen LogP contribution in [0.2, 0.25) is 0 Å². The van der Waals surface area contributed by atoms with E-state index in [4.69, 9.17) is 9.47 Å². The van der Waals surface area contributed by atoms with Gasteiger partial charge in [0.1, 0.15) is 0 Å². The minimum Gasteiger partial charge on any atom is -0.503 e. The number of carbonyl (C=O) groups is 2. The summed E-state index contributed by atoms with van der Waals surface area (Å²) in [6.07, 6.45) is 1.57. The Hall–Kier alpha value is -2.84. The fourth-order valence-electron chi connectivity index (χ4n) is 3.85. The van der Waals surface area contributed by atoms with Crippen LogP contribution in [0.4, 0.5) is 0 Å². The monoisotopic (exact) mass is 472 g/mol. The van der Waals surface area contributed by atoms with Crippen LogP contribution >= 0.6 is 11.3 Å². The average Bonchev–Trinajstić information content (AvgIpc) is 3.41. The van der Waals surface area contributed by atoms with Gasteiger partial charge >= 0.3 is 0 Å². The second kappa shape index (κ2) is 11.3. The Bertz CT molecular complexity index is 1000. The first kappa shape index (κ1) is 24.8. The highest BCUT2D eigenvalue weighted by molar-refractivity contribution is 7.12. The van der Waals surface area contributed by atoms with Gasteiger partial charge in [-0.1, -0.05) is 19.1 Å². The summed E-state index contributed by atoms with van der Waals surface area (Å²) < 4.78 is 11.6. The molecule has 2 aromatic rings. The van der Waals surface area contributed by atoms with Gasteiger partial charge in [0, 0.05) is 6.54 Å². The van der Waals surface area contributed by atoms with Crippen molar-refractivity contribution < 1.29 is 24.2 Å². The smallest absolute Gasteiger partial charge is 0.290 e. The molecule has 1 atom stereocenters. The van der Waals surface area contributed by atoms with Gasteiger partial charge < -0.3 is 24.4 Å². The molecule has 0 radical (unpaired) electrons. The lowest BCUT2D eigenvalue weighted by Crippen LogP contribution is -2.33. The van der Waals surface area contributed by atoms with E-state index in [1.54, 1.807) is 28.5 Å². The van der Waals surface area contributed by atoms with Crippen LogP contribution < -0.4 is 9.47 Å². The highest BCUT2D eigenvalue weighted by Gasteiger charge is 2.44. The topological polar surface area (TPSA) is 79.3 Å². The molecule has 1 N–H and O–H groups in total. The average molecular weight is 473 g/mol. The summed E-state index contributed by atoms with van der Waals surface area (Å²) in [5.41, 5.74) is 0.807. The second-order valence-electron chi connectivity index (χ2n) is 8.11. The number of aliphatic hydroxyl groups excluding tert-OH is 1. The highest BCUT2D eigenvalue weighted by Crippen LogP contribution is 2.42. The molecule has 1 aromatic heterocycles. The molecule has 1 aromatic carbocycles. The molecule has 1 aliphatic rings. The Balaban J connectivity index is 2.04. The number of Topliss-reactive ketones (excluding diaryl/α,β-unsaturated/α-hetero) is 1. The summed E-state index contributed by atoms with van der Waals surface area (Å²) in [4.78, 5) is 30.5. The Morgan fingerprint density at radius 1 is 1.18 bits per heavy atom. The third-order valence-corrected chi connectivity index (χ3v) is 6.21. The fourth-order valence-corrected chi connectivity index (χ4v) is 4.53. The first-order chi connectivity index (χ1) is 15.9. The van der Waals surface area contributed by atoms with E-state index in [0.717, 1.165) is 13.0 Å². The van der Waals surface area contributed by atoms with Gasteiger partial charge in [-0.3, -0.25) is 9.59 Å². The minimum atomic E-state index is -0.700. The summed E-state index contributed by atoms with van der Waals surface area (Å²) in [6, 6.07) is 8.24. The van der Waals surface area contributed by atoms with E-state index < -0.39 is 17.7 Å². The van der Waals surface area contributed by atoms with Crippen LogP contribution in [0.5, 0.6) is 11.5 Å². The zero-order valence-electron chi connectivity index (χ0n) is 19.7. The molecule has 1 unspecified atom stereocenters. The van der Waals surface area contributed by atoms with E-state index in [2.05, 4.69) is 0 Å². The molecule has 3 rings (SSSR count). The zero-order chi connectivity index (χ0) is 24.0. The van der Waals surface area contributed by atoms with Crippen molar-refractivity contribution in [2.24, 2.45) is 0 Å². The van der Waals surface area contributed by atoms with Gasteiger partial charge in [0.2, 0.25) is 5.78 Å². The zero-order valence-corrected chi connectivity index (χ0v) is 20.5. The Kier molecular flexibility index (Phi) is 8.52. The number of carbonyl (C=O) groups excluding carboxylic acids is 2. The van der Waals surface area contributed by atoms with Crippen molar-refractivity contribution in [2.45, 2.75) is 32.7 Å². The normalized spacial score (nSPS) is 16.1. The molecule has 0 fully saturated rings. The van der Waals surface area contributed by atoms with Crippen molar-refractivity contribution >= 4 is 23.0 Å². The lowest BCUT2D eigenvalue weighted by molar-refractivity contribution is -0.129. The maximum absolute atomic E-state index is 13.3. The van der Waals surface area contributed by atoms with E-state index in [9.17, 15) is 14.7 Å². The Labute approximate surface area is 199 Å². The van der Waals surface area contributed by atoms with E-state index in [1.165, 1.54) is 11.3 Å². The SMILES string of the molecule is CCCOc1ccc(C2C(C(=O)c3cccs3)=C(O)C(=O)N2CCCN(C)C)cc1OCC. The molecular formula is C25H32N2O5S. The predicted molar refractivity (Wildman–Crippen MR) is 129 cm³/mol. The summed E-state index contributed by atoms with van der Waals surface area (Å²) in [6.45, 7) is 6.11. The van der Waals surface area contributed by atoms with Gasteiger partial charge in [0.25, 0.3) is 5.91 Å². The van der Waals surface area contributed by atoms with E-state index in [-0.39, 0.29) is 11.4 Å². The molecule has 0 saturated carbocycles. The van der Waals surface area contributed by atoms with Crippen molar-refractivity contribution in [3.63, 3.8) is 0 Å². The number of rotatable bonds is 12. The largest absolute Gasteiger partial charge is 0.503 e. The summed E-state index contributed by atoms with van der Waals surface area (Å²) in [5.74, 6) is -0.167. The first-order valence-corrected chi connectivity index (χ1v) is 12.1. The van der Waals surface area contributed by atoms with Crippen molar-refractivity contribution in [1.29, 1.82) is 0 Å². The van der Waals surface area contributed by atoms with Crippen LogP contribution in [-0.2, 0) is 4.79 Å². The number of thiophene rings is 1. The molecule has 0 bridgehead atoms. The standard InChI is InChI=1S/C25H32N2O5S/c1-5-14-32-18-11-10-17(16-19(18)31-6-2)22-21(23(28)20-9-7-15-33-20)24(29)25(30)27(22)13-8-12-26(3)4/h7,9-11,15-16,22,29H,5-6,8,12-14H2,1-4H3. The molecule has 0 aliphatic carbocycles. The summed E-state index contributed by atoms with van der Waals surface area (Å²) in [7, 11) is 3.93. The Morgan fingerprint density at radius 2 is 1.97 bits per heavy atom. The van der Waals surface area contributed by atoms with Crippen LogP contribution in [0.3, 0.4) is 0 Å². The quantitative estimate of drug-likeness (QED) is 0.459. The maximum atomic E-state index is 13.3. The molecule has 1 amide bonds. The molecule has 8 heteroatoms. The molecule has 33 heavy (non-hydrogen) atoms.